The van der Waals surface area contributed by atoms with E-state index in [0.29, 0.717) is 11.6 Å². The Bertz CT molecular complexity index is 1080. The first-order valence-electron chi connectivity index (χ1n) is 8.18. The van der Waals surface area contributed by atoms with E-state index < -0.39 is 11.7 Å². The van der Waals surface area contributed by atoms with Crippen LogP contribution in [0.5, 0.6) is 0 Å². The van der Waals surface area contributed by atoms with Crippen molar-refractivity contribution >= 4 is 0 Å². The molecule has 136 valence electrons. The van der Waals surface area contributed by atoms with E-state index in [9.17, 15) is 13.2 Å². The van der Waals surface area contributed by atoms with Crippen molar-refractivity contribution in [2.24, 2.45) is 0 Å². The summed E-state index contributed by atoms with van der Waals surface area (Å²) in [4.78, 5) is 11.5. The first-order chi connectivity index (χ1) is 12.9. The zero-order chi connectivity index (χ0) is 19.0. The summed E-state index contributed by atoms with van der Waals surface area (Å²) in [6.07, 6.45) is -3.21. The van der Waals surface area contributed by atoms with Gasteiger partial charge in [-0.2, -0.15) is 13.2 Å². The molecule has 4 rings (SSSR count). The Kier molecular flexibility index (Phi) is 4.07. The van der Waals surface area contributed by atoms with Crippen LogP contribution in [0.4, 0.5) is 13.2 Å². The molecule has 0 spiro atoms. The number of H-pyrrole nitrogens is 1. The van der Waals surface area contributed by atoms with Crippen molar-refractivity contribution in [3.05, 3.63) is 72.1 Å². The van der Waals surface area contributed by atoms with Gasteiger partial charge in [-0.25, -0.2) is 4.98 Å². The number of halogens is 3. The second-order valence-corrected chi connectivity index (χ2v) is 5.99. The molecule has 3 heterocycles. The van der Waals surface area contributed by atoms with Crippen molar-refractivity contribution in [2.75, 3.05) is 0 Å². The number of aromatic amines is 1. The molecule has 0 aliphatic carbocycles. The number of imidazole rings is 1. The van der Waals surface area contributed by atoms with Crippen molar-refractivity contribution in [3.8, 4) is 34.3 Å². The van der Waals surface area contributed by atoms with Gasteiger partial charge in [-0.1, -0.05) is 30.3 Å². The number of aromatic nitrogens is 3. The van der Waals surface area contributed by atoms with Crippen LogP contribution in [0.15, 0.2) is 65.2 Å². The van der Waals surface area contributed by atoms with Crippen LogP contribution in [0.3, 0.4) is 0 Å². The van der Waals surface area contributed by atoms with Gasteiger partial charge in [-0.3, -0.25) is 4.98 Å². The van der Waals surface area contributed by atoms with Crippen molar-refractivity contribution in [1.29, 1.82) is 0 Å². The number of alkyl halides is 3. The number of benzene rings is 1. The van der Waals surface area contributed by atoms with Crippen LogP contribution >= 0.6 is 0 Å². The highest BCUT2D eigenvalue weighted by Gasteiger charge is 2.35. The molecule has 0 atom stereocenters. The van der Waals surface area contributed by atoms with Crippen LogP contribution in [-0.4, -0.2) is 15.0 Å². The second-order valence-electron chi connectivity index (χ2n) is 5.99. The SMILES string of the molecule is Cc1[nH]c(-c2ccc(-c3ncccc3C(F)(F)F)o2)nc1-c1ccccc1. The largest absolute Gasteiger partial charge is 0.451 e. The molecule has 0 aliphatic rings. The zero-order valence-electron chi connectivity index (χ0n) is 14.2. The molecule has 0 saturated carbocycles. The van der Waals surface area contributed by atoms with Crippen LogP contribution in [0.2, 0.25) is 0 Å². The topological polar surface area (TPSA) is 54.7 Å². The van der Waals surface area contributed by atoms with Crippen molar-refractivity contribution < 1.29 is 17.6 Å². The molecule has 3 aromatic heterocycles. The Hall–Kier alpha value is -3.35. The van der Waals surface area contributed by atoms with E-state index in [1.54, 1.807) is 6.07 Å². The quantitative estimate of drug-likeness (QED) is 0.502. The lowest BCUT2D eigenvalue weighted by Gasteiger charge is -2.09. The molecule has 7 heteroatoms. The van der Waals surface area contributed by atoms with E-state index in [4.69, 9.17) is 4.42 Å². The molecule has 0 unspecified atom stereocenters. The predicted octanol–water partition coefficient (Wildman–Crippen LogP) is 5.73. The summed E-state index contributed by atoms with van der Waals surface area (Å²) in [5.41, 5.74) is 1.45. The van der Waals surface area contributed by atoms with Gasteiger partial charge in [-0.05, 0) is 31.2 Å². The summed E-state index contributed by atoms with van der Waals surface area (Å²) < 4.78 is 45.3. The average molecular weight is 369 g/mol. The summed E-state index contributed by atoms with van der Waals surface area (Å²) in [5, 5.41) is 0. The van der Waals surface area contributed by atoms with Crippen LogP contribution in [-0.2, 0) is 6.18 Å². The second kappa shape index (κ2) is 6.42. The number of nitrogens with one attached hydrogen (secondary N) is 1. The van der Waals surface area contributed by atoms with E-state index >= 15 is 0 Å². The number of hydrogen-bond donors (Lipinski definition) is 1. The van der Waals surface area contributed by atoms with Gasteiger partial charge in [0.1, 0.15) is 5.69 Å². The molecule has 4 nitrogen and oxygen atoms in total. The first kappa shape index (κ1) is 17.1. The minimum Gasteiger partial charge on any atom is -0.451 e. The highest BCUT2D eigenvalue weighted by Crippen LogP contribution is 2.37. The summed E-state index contributed by atoms with van der Waals surface area (Å²) in [6, 6.07) is 14.9. The Morgan fingerprint density at radius 3 is 2.37 bits per heavy atom. The Morgan fingerprint density at radius 2 is 1.63 bits per heavy atom. The molecular formula is C20H14F3N3O. The Labute approximate surface area is 152 Å². The smallest absolute Gasteiger partial charge is 0.418 e. The number of pyridine rings is 1. The number of hydrogen-bond acceptors (Lipinski definition) is 3. The van der Waals surface area contributed by atoms with E-state index in [2.05, 4.69) is 15.0 Å². The molecule has 0 amide bonds. The summed E-state index contributed by atoms with van der Waals surface area (Å²) in [7, 11) is 0. The minimum absolute atomic E-state index is 0.0354. The van der Waals surface area contributed by atoms with Crippen LogP contribution in [0.1, 0.15) is 11.3 Å². The van der Waals surface area contributed by atoms with E-state index in [1.165, 1.54) is 18.3 Å². The third-order valence-corrected chi connectivity index (χ3v) is 4.12. The molecule has 0 radical (unpaired) electrons. The predicted molar refractivity (Wildman–Crippen MR) is 94.7 cm³/mol. The van der Waals surface area contributed by atoms with E-state index in [1.807, 2.05) is 37.3 Å². The first-order valence-corrected chi connectivity index (χ1v) is 8.18. The van der Waals surface area contributed by atoms with Gasteiger partial charge in [0.05, 0.1) is 11.3 Å². The number of rotatable bonds is 3. The fourth-order valence-corrected chi connectivity index (χ4v) is 2.88. The average Bonchev–Trinajstić information content (AvgIpc) is 3.28. The third kappa shape index (κ3) is 3.23. The maximum atomic E-state index is 13.2. The van der Waals surface area contributed by atoms with Crippen LogP contribution in [0.25, 0.3) is 34.3 Å². The number of nitrogens with zero attached hydrogens (tertiary/aromatic N) is 2. The summed E-state index contributed by atoms with van der Waals surface area (Å²) in [5.74, 6) is 0.824. The van der Waals surface area contributed by atoms with Gasteiger partial charge in [0.2, 0.25) is 0 Å². The Balaban J connectivity index is 1.73. The standard InChI is InChI=1S/C20H14F3N3O/c1-12-17(13-6-3-2-4-7-13)26-19(25-12)16-10-9-15(27-16)18-14(20(21,22)23)8-5-11-24-18/h2-11H,1H3,(H,25,26). The van der Waals surface area contributed by atoms with Crippen LogP contribution in [0, 0.1) is 6.92 Å². The number of furan rings is 1. The lowest BCUT2D eigenvalue weighted by Crippen LogP contribution is -2.07. The minimum atomic E-state index is -4.52. The molecule has 0 fully saturated rings. The fraction of sp³-hybridized carbons (Fsp3) is 0.100. The van der Waals surface area contributed by atoms with E-state index in [0.717, 1.165) is 23.0 Å². The monoisotopic (exact) mass is 369 g/mol. The molecule has 1 aromatic carbocycles. The molecule has 4 aromatic rings. The maximum Gasteiger partial charge on any atom is 0.418 e. The highest BCUT2D eigenvalue weighted by atomic mass is 19.4. The van der Waals surface area contributed by atoms with E-state index in [-0.39, 0.29) is 11.5 Å². The van der Waals surface area contributed by atoms with Gasteiger partial charge < -0.3 is 9.40 Å². The van der Waals surface area contributed by atoms with Gasteiger partial charge in [0, 0.05) is 17.5 Å². The summed E-state index contributed by atoms with van der Waals surface area (Å²) >= 11 is 0. The highest BCUT2D eigenvalue weighted by molar-refractivity contribution is 5.67. The molecule has 1 N–H and O–H groups in total. The lowest BCUT2D eigenvalue weighted by molar-refractivity contribution is -0.137. The molecule has 27 heavy (non-hydrogen) atoms. The third-order valence-electron chi connectivity index (χ3n) is 4.12. The molecular weight excluding hydrogens is 355 g/mol. The van der Waals surface area contributed by atoms with Crippen LogP contribution < -0.4 is 0 Å². The van der Waals surface area contributed by atoms with Crippen molar-refractivity contribution in [3.63, 3.8) is 0 Å². The normalized spacial score (nSPS) is 11.7. The molecule has 0 aliphatic heterocycles. The van der Waals surface area contributed by atoms with Crippen molar-refractivity contribution in [1.82, 2.24) is 15.0 Å². The maximum absolute atomic E-state index is 13.2. The van der Waals surface area contributed by atoms with Gasteiger partial charge in [0.15, 0.2) is 17.3 Å². The van der Waals surface area contributed by atoms with Gasteiger partial charge >= 0.3 is 6.18 Å². The summed E-state index contributed by atoms with van der Waals surface area (Å²) in [6.45, 7) is 1.88. The molecule has 0 saturated heterocycles. The lowest BCUT2D eigenvalue weighted by atomic mass is 10.1. The Morgan fingerprint density at radius 1 is 0.889 bits per heavy atom. The van der Waals surface area contributed by atoms with Gasteiger partial charge in [0.25, 0.3) is 0 Å². The number of aryl methyl sites for hydroxylation is 1. The fourth-order valence-electron chi connectivity index (χ4n) is 2.88. The molecule has 0 bridgehead atoms. The van der Waals surface area contributed by atoms with Crippen molar-refractivity contribution in [2.45, 2.75) is 13.1 Å². The van der Waals surface area contributed by atoms with Gasteiger partial charge in [-0.15, -0.1) is 0 Å². The zero-order valence-corrected chi connectivity index (χ0v) is 14.2.